The van der Waals surface area contributed by atoms with E-state index in [1.807, 2.05) is 6.92 Å². The highest BCUT2D eigenvalue weighted by atomic mass is 31.1. The van der Waals surface area contributed by atoms with E-state index in [1.165, 1.54) is 13.8 Å². The van der Waals surface area contributed by atoms with Crippen LogP contribution in [0.1, 0.15) is 52.9 Å². The summed E-state index contributed by atoms with van der Waals surface area (Å²) < 4.78 is 22.9. The van der Waals surface area contributed by atoms with Gasteiger partial charge in [0.05, 0.1) is 6.42 Å². The second-order valence-corrected chi connectivity index (χ2v) is 6.61. The first-order valence-corrected chi connectivity index (χ1v) is 7.39. The minimum Gasteiger partial charge on any atom is -0.481 e. The first-order chi connectivity index (χ1) is 8.61. The summed E-state index contributed by atoms with van der Waals surface area (Å²) in [4.78, 5) is 22.3. The van der Waals surface area contributed by atoms with Gasteiger partial charge in [-0.3, -0.25) is 9.59 Å². The molecule has 0 aromatic heterocycles. The molecule has 0 heterocycles. The molecule has 0 saturated carbocycles. The normalized spacial score (nSPS) is 14.7. The van der Waals surface area contributed by atoms with E-state index < -0.39 is 36.6 Å². The average Bonchev–Trinajstić information content (AvgIpc) is 2.24. The lowest BCUT2D eigenvalue weighted by Crippen LogP contribution is -2.49. The molecule has 1 atom stereocenters. The number of aliphatic carboxylic acids is 2. The molecule has 2 N–H and O–H groups in total. The first-order valence-electron chi connectivity index (χ1n) is 6.21. The molecule has 0 aliphatic carbocycles. The van der Waals surface area contributed by atoms with Crippen molar-refractivity contribution in [2.45, 2.75) is 58.0 Å². The predicted molar refractivity (Wildman–Crippen MR) is 68.8 cm³/mol. The first kappa shape index (κ1) is 17.8. The lowest BCUT2D eigenvalue weighted by Gasteiger charge is -2.37. The fraction of sp³-hybridized carbons (Fsp3) is 0.833. The fourth-order valence-corrected chi connectivity index (χ4v) is 3.26. The van der Waals surface area contributed by atoms with Crippen molar-refractivity contribution in [1.82, 2.24) is 0 Å². The Labute approximate surface area is 113 Å². The zero-order chi connectivity index (χ0) is 15.3. The Morgan fingerprint density at radius 1 is 1.11 bits per heavy atom. The van der Waals surface area contributed by atoms with Crippen LogP contribution in [-0.4, -0.2) is 27.3 Å². The smallest absolute Gasteiger partial charge is 0.334 e. The molecule has 0 radical (unpaired) electrons. The Hall–Kier alpha value is -1.16. The second kappa shape index (κ2) is 6.85. The van der Waals surface area contributed by atoms with Crippen LogP contribution in [-0.2, 0) is 18.7 Å². The van der Waals surface area contributed by atoms with Gasteiger partial charge in [0.2, 0.25) is 0 Å². The van der Waals surface area contributed by atoms with E-state index in [9.17, 15) is 23.8 Å². The molecule has 7 heteroatoms. The summed E-state index contributed by atoms with van der Waals surface area (Å²) >= 11 is 0. The lowest BCUT2D eigenvalue weighted by atomic mass is 9.72. The Balaban J connectivity index is 5.54. The van der Waals surface area contributed by atoms with E-state index in [1.54, 1.807) is 0 Å². The molecule has 0 aromatic rings. The summed E-state index contributed by atoms with van der Waals surface area (Å²) in [5.74, 6) is -3.02. The molecule has 6 nitrogen and oxygen atoms in total. The molecule has 0 spiro atoms. The molecule has 1 unspecified atom stereocenters. The van der Waals surface area contributed by atoms with Gasteiger partial charge in [0.1, 0.15) is 0 Å². The van der Waals surface area contributed by atoms with Gasteiger partial charge >= 0.3 is 19.6 Å². The zero-order valence-corrected chi connectivity index (χ0v) is 12.4. The van der Waals surface area contributed by atoms with Gasteiger partial charge < -0.3 is 10.2 Å². The molecule has 0 rings (SSSR count). The number of hydrogen-bond donors (Lipinski definition) is 2. The Morgan fingerprint density at radius 2 is 1.63 bits per heavy atom. The highest BCUT2D eigenvalue weighted by Gasteiger charge is 2.57. The summed E-state index contributed by atoms with van der Waals surface area (Å²) in [6.45, 7) is 4.98. The van der Waals surface area contributed by atoms with Crippen LogP contribution < -0.4 is 0 Å². The molecule has 0 bridgehead atoms. The topological polar surface area (TPSA) is 109 Å². The van der Waals surface area contributed by atoms with E-state index >= 15 is 0 Å². The lowest BCUT2D eigenvalue weighted by molar-refractivity contribution is -0.150. The number of carboxylic acids is 2. The van der Waals surface area contributed by atoms with Gasteiger partial charge in [-0.1, -0.05) is 40.0 Å². The maximum atomic E-state index is 11.5. The Kier molecular flexibility index (Phi) is 6.43. The highest BCUT2D eigenvalue weighted by molar-refractivity contribution is 7.34. The molecular weight excluding hydrogens is 271 g/mol. The van der Waals surface area contributed by atoms with Crippen molar-refractivity contribution in [3.63, 3.8) is 0 Å². The molecular formula is C12H21O6P. The predicted octanol–water partition coefficient (Wildman–Crippen LogP) is 3.06. The van der Waals surface area contributed by atoms with Crippen LogP contribution in [0.2, 0.25) is 0 Å². The summed E-state index contributed by atoms with van der Waals surface area (Å²) in [6, 6.07) is 0. The molecule has 0 aromatic carbocycles. The van der Waals surface area contributed by atoms with Gasteiger partial charge in [-0.05, 0) is 11.8 Å². The van der Waals surface area contributed by atoms with Crippen molar-refractivity contribution < 1.29 is 28.9 Å². The number of unbranched alkanes of at least 4 members (excludes halogenated alkanes) is 2. The van der Waals surface area contributed by atoms with Crippen LogP contribution in [0, 0.1) is 5.41 Å². The second-order valence-electron chi connectivity index (χ2n) is 5.33. The van der Waals surface area contributed by atoms with Crippen molar-refractivity contribution in [3.05, 3.63) is 0 Å². The highest BCUT2D eigenvalue weighted by Crippen LogP contribution is 2.50. The van der Waals surface area contributed by atoms with Gasteiger partial charge in [0, 0.05) is 0 Å². The Bertz CT molecular complexity index is 404. The largest absolute Gasteiger partial charge is 0.481 e. The SMILES string of the molecule is CCCCCC(C)(C)C(CC(=O)O)(C(=O)O)P(=O)=O. The third-order valence-corrected chi connectivity index (χ3v) is 5.18. The van der Waals surface area contributed by atoms with Crippen LogP contribution in [0.5, 0.6) is 0 Å². The molecule has 19 heavy (non-hydrogen) atoms. The van der Waals surface area contributed by atoms with Crippen LogP contribution >= 0.6 is 7.68 Å². The summed E-state index contributed by atoms with van der Waals surface area (Å²) in [5.41, 5.74) is -1.14. The third-order valence-electron chi connectivity index (χ3n) is 3.60. The van der Waals surface area contributed by atoms with Crippen LogP contribution in [0.4, 0.5) is 0 Å². The van der Waals surface area contributed by atoms with Crippen molar-refractivity contribution in [2.75, 3.05) is 0 Å². The van der Waals surface area contributed by atoms with Crippen LogP contribution in [0.25, 0.3) is 0 Å². The Morgan fingerprint density at radius 3 is 1.95 bits per heavy atom. The van der Waals surface area contributed by atoms with Crippen molar-refractivity contribution >= 4 is 19.6 Å². The molecule has 0 saturated heterocycles. The monoisotopic (exact) mass is 292 g/mol. The van der Waals surface area contributed by atoms with Crippen molar-refractivity contribution in [3.8, 4) is 0 Å². The molecule has 0 aliphatic rings. The molecule has 0 fully saturated rings. The number of rotatable bonds is 9. The minimum absolute atomic E-state index is 0.351. The average molecular weight is 292 g/mol. The summed E-state index contributed by atoms with van der Waals surface area (Å²) in [7, 11) is -3.41. The zero-order valence-electron chi connectivity index (χ0n) is 11.5. The number of carbonyl (C=O) groups is 2. The standard InChI is InChI=1S/C12H21O6P/c1-4-5-6-7-11(2,3)12(10(15)16,19(17)18)8-9(13)14/h4-8H2,1-3H3,(H,13,14)(H,15,16). The van der Waals surface area contributed by atoms with Gasteiger partial charge in [-0.2, -0.15) is 0 Å². The molecule has 0 amide bonds. The fourth-order valence-electron chi connectivity index (χ4n) is 2.24. The van der Waals surface area contributed by atoms with E-state index in [-0.39, 0.29) is 0 Å². The maximum Gasteiger partial charge on any atom is 0.334 e. The van der Waals surface area contributed by atoms with E-state index in [0.717, 1.165) is 12.8 Å². The number of carboxylic acid groups (broad SMARTS) is 2. The summed E-state index contributed by atoms with van der Waals surface area (Å²) in [6.07, 6.45) is 1.87. The summed E-state index contributed by atoms with van der Waals surface area (Å²) in [5, 5.41) is 15.9. The molecule has 110 valence electrons. The molecule has 0 aliphatic heterocycles. The van der Waals surface area contributed by atoms with Gasteiger partial charge in [-0.25, -0.2) is 9.13 Å². The van der Waals surface area contributed by atoms with Gasteiger partial charge in [0.25, 0.3) is 0 Å². The minimum atomic E-state index is -3.41. The third kappa shape index (κ3) is 3.90. The quantitative estimate of drug-likeness (QED) is 0.499. The van der Waals surface area contributed by atoms with Gasteiger partial charge in [0.15, 0.2) is 5.16 Å². The van der Waals surface area contributed by atoms with E-state index in [0.29, 0.717) is 12.8 Å². The maximum absolute atomic E-state index is 11.5. The van der Waals surface area contributed by atoms with Crippen molar-refractivity contribution in [2.24, 2.45) is 5.41 Å². The van der Waals surface area contributed by atoms with Gasteiger partial charge in [-0.15, -0.1) is 0 Å². The number of hydrogen-bond acceptors (Lipinski definition) is 4. The van der Waals surface area contributed by atoms with Crippen LogP contribution in [0.15, 0.2) is 0 Å². The van der Waals surface area contributed by atoms with Crippen molar-refractivity contribution in [1.29, 1.82) is 0 Å². The van der Waals surface area contributed by atoms with Crippen LogP contribution in [0.3, 0.4) is 0 Å². The van der Waals surface area contributed by atoms with E-state index in [2.05, 4.69) is 0 Å². The van der Waals surface area contributed by atoms with E-state index in [4.69, 9.17) is 5.11 Å².